The Labute approximate surface area is 118 Å². The maximum absolute atomic E-state index is 4.72. The van der Waals surface area contributed by atoms with E-state index in [9.17, 15) is 0 Å². The molecule has 19 heavy (non-hydrogen) atoms. The highest BCUT2D eigenvalue weighted by molar-refractivity contribution is 5.79. The first-order valence-corrected chi connectivity index (χ1v) is 7.56. The zero-order chi connectivity index (χ0) is 13.9. The summed E-state index contributed by atoms with van der Waals surface area (Å²) in [5.74, 6) is 1.03. The standard InChI is InChI=1S/C16H29N3/c1-4-6-9-14-19(3)16(17-5-2)18-13-12-15-10-7-8-11-15/h4,10H,1,5-9,11-14H2,2-3H3,(H,17,18). The van der Waals surface area contributed by atoms with E-state index in [4.69, 9.17) is 4.99 Å². The monoisotopic (exact) mass is 263 g/mol. The Kier molecular flexibility index (Phi) is 8.03. The fraction of sp³-hybridized carbons (Fsp3) is 0.688. The Hall–Kier alpha value is -1.25. The molecule has 0 amide bonds. The molecule has 0 aromatic rings. The minimum absolute atomic E-state index is 0.903. The van der Waals surface area contributed by atoms with Crippen LogP contribution in [-0.2, 0) is 0 Å². The van der Waals surface area contributed by atoms with Crippen LogP contribution in [0.2, 0.25) is 0 Å². The molecule has 0 fully saturated rings. The summed E-state index contributed by atoms with van der Waals surface area (Å²) in [6.45, 7) is 8.73. The summed E-state index contributed by atoms with van der Waals surface area (Å²) in [6, 6.07) is 0. The third-order valence-electron chi connectivity index (χ3n) is 3.43. The highest BCUT2D eigenvalue weighted by Gasteiger charge is 2.06. The molecule has 0 spiro atoms. The smallest absolute Gasteiger partial charge is 0.193 e. The molecule has 0 aliphatic heterocycles. The van der Waals surface area contributed by atoms with E-state index in [2.05, 4.69) is 36.8 Å². The highest BCUT2D eigenvalue weighted by atomic mass is 15.3. The van der Waals surface area contributed by atoms with Crippen LogP contribution < -0.4 is 5.32 Å². The van der Waals surface area contributed by atoms with E-state index in [1.165, 1.54) is 19.3 Å². The van der Waals surface area contributed by atoms with Gasteiger partial charge in [0.1, 0.15) is 0 Å². The molecule has 3 heteroatoms. The van der Waals surface area contributed by atoms with Gasteiger partial charge in [0.15, 0.2) is 5.96 Å². The van der Waals surface area contributed by atoms with Gasteiger partial charge < -0.3 is 10.2 Å². The predicted molar refractivity (Wildman–Crippen MR) is 84.6 cm³/mol. The van der Waals surface area contributed by atoms with Gasteiger partial charge >= 0.3 is 0 Å². The lowest BCUT2D eigenvalue weighted by Crippen LogP contribution is -2.39. The number of allylic oxidation sites excluding steroid dienone is 2. The molecule has 1 rings (SSSR count). The van der Waals surface area contributed by atoms with E-state index < -0.39 is 0 Å². The van der Waals surface area contributed by atoms with Crippen LogP contribution in [0.25, 0.3) is 0 Å². The Morgan fingerprint density at radius 2 is 2.42 bits per heavy atom. The fourth-order valence-corrected chi connectivity index (χ4v) is 2.32. The van der Waals surface area contributed by atoms with Crippen LogP contribution in [0, 0.1) is 0 Å². The summed E-state index contributed by atoms with van der Waals surface area (Å²) in [5, 5.41) is 3.37. The SMILES string of the molecule is C=CCCCN(C)C(=NCCC1=CCCC1)NCC. The van der Waals surface area contributed by atoms with Crippen molar-refractivity contribution in [1.82, 2.24) is 10.2 Å². The van der Waals surface area contributed by atoms with Gasteiger partial charge in [-0.2, -0.15) is 0 Å². The minimum atomic E-state index is 0.903. The zero-order valence-electron chi connectivity index (χ0n) is 12.6. The number of unbranched alkanes of at least 4 members (excludes halogenated alkanes) is 1. The Morgan fingerprint density at radius 3 is 3.05 bits per heavy atom. The summed E-state index contributed by atoms with van der Waals surface area (Å²) in [6.07, 6.45) is 11.6. The number of hydrogen-bond donors (Lipinski definition) is 1. The molecule has 1 N–H and O–H groups in total. The number of nitrogens with zero attached hydrogens (tertiary/aromatic N) is 2. The van der Waals surface area contributed by atoms with Crippen molar-refractivity contribution in [2.75, 3.05) is 26.7 Å². The lowest BCUT2D eigenvalue weighted by atomic mass is 10.2. The molecule has 0 radical (unpaired) electrons. The van der Waals surface area contributed by atoms with Crippen molar-refractivity contribution >= 4 is 5.96 Å². The second-order valence-electron chi connectivity index (χ2n) is 5.09. The van der Waals surface area contributed by atoms with Crippen LogP contribution in [0.3, 0.4) is 0 Å². The van der Waals surface area contributed by atoms with E-state index >= 15 is 0 Å². The van der Waals surface area contributed by atoms with E-state index in [-0.39, 0.29) is 0 Å². The maximum atomic E-state index is 4.72. The summed E-state index contributed by atoms with van der Waals surface area (Å²) in [5.41, 5.74) is 1.59. The average Bonchev–Trinajstić information content (AvgIpc) is 2.91. The molecule has 0 saturated carbocycles. The van der Waals surface area contributed by atoms with Crippen LogP contribution >= 0.6 is 0 Å². The van der Waals surface area contributed by atoms with Gasteiger partial charge in [-0.25, -0.2) is 0 Å². The molecule has 0 aromatic heterocycles. The minimum Gasteiger partial charge on any atom is -0.357 e. The molecule has 0 heterocycles. The van der Waals surface area contributed by atoms with Crippen molar-refractivity contribution < 1.29 is 0 Å². The Balaban J connectivity index is 2.37. The first-order valence-electron chi connectivity index (χ1n) is 7.56. The number of aliphatic imine (C=N–C) groups is 1. The van der Waals surface area contributed by atoms with Crippen molar-refractivity contribution in [3.63, 3.8) is 0 Å². The number of nitrogens with one attached hydrogen (secondary N) is 1. The number of rotatable bonds is 8. The molecule has 108 valence electrons. The topological polar surface area (TPSA) is 27.6 Å². The second kappa shape index (κ2) is 9.65. The van der Waals surface area contributed by atoms with E-state index in [0.29, 0.717) is 0 Å². The van der Waals surface area contributed by atoms with Gasteiger partial charge in [0.2, 0.25) is 0 Å². The van der Waals surface area contributed by atoms with Crippen LogP contribution in [0.1, 0.15) is 45.4 Å². The first-order chi connectivity index (χ1) is 9.27. The lowest BCUT2D eigenvalue weighted by Gasteiger charge is -2.21. The second-order valence-corrected chi connectivity index (χ2v) is 5.09. The summed E-state index contributed by atoms with van der Waals surface area (Å²) >= 11 is 0. The summed E-state index contributed by atoms with van der Waals surface area (Å²) in [7, 11) is 2.11. The summed E-state index contributed by atoms with van der Waals surface area (Å²) < 4.78 is 0. The van der Waals surface area contributed by atoms with Gasteiger partial charge in [0.25, 0.3) is 0 Å². The molecule has 1 aliphatic carbocycles. The van der Waals surface area contributed by atoms with Crippen LogP contribution in [-0.4, -0.2) is 37.5 Å². The third kappa shape index (κ3) is 6.46. The molecule has 0 aromatic carbocycles. The van der Waals surface area contributed by atoms with Crippen molar-refractivity contribution in [1.29, 1.82) is 0 Å². The first kappa shape index (κ1) is 15.8. The molecular formula is C16H29N3. The van der Waals surface area contributed by atoms with E-state index in [1.807, 2.05) is 6.08 Å². The van der Waals surface area contributed by atoms with Crippen LogP contribution in [0.4, 0.5) is 0 Å². The molecular weight excluding hydrogens is 234 g/mol. The quantitative estimate of drug-likeness (QED) is 0.315. The fourth-order valence-electron chi connectivity index (χ4n) is 2.32. The Morgan fingerprint density at radius 1 is 1.58 bits per heavy atom. The van der Waals surface area contributed by atoms with Crippen molar-refractivity contribution in [2.45, 2.75) is 45.4 Å². The molecule has 0 unspecified atom stereocenters. The largest absolute Gasteiger partial charge is 0.357 e. The third-order valence-corrected chi connectivity index (χ3v) is 3.43. The van der Waals surface area contributed by atoms with Crippen LogP contribution in [0.15, 0.2) is 29.3 Å². The van der Waals surface area contributed by atoms with Gasteiger partial charge in [-0.15, -0.1) is 6.58 Å². The molecule has 0 atom stereocenters. The van der Waals surface area contributed by atoms with E-state index in [1.54, 1.807) is 5.57 Å². The molecule has 0 saturated heterocycles. The molecule has 3 nitrogen and oxygen atoms in total. The normalized spacial score (nSPS) is 15.3. The summed E-state index contributed by atoms with van der Waals surface area (Å²) in [4.78, 5) is 6.94. The van der Waals surface area contributed by atoms with Crippen molar-refractivity contribution in [2.24, 2.45) is 4.99 Å². The van der Waals surface area contributed by atoms with Crippen LogP contribution in [0.5, 0.6) is 0 Å². The predicted octanol–water partition coefficient (Wildman–Crippen LogP) is 3.35. The van der Waals surface area contributed by atoms with Crippen molar-refractivity contribution in [3.05, 3.63) is 24.3 Å². The van der Waals surface area contributed by atoms with Crippen molar-refractivity contribution in [3.8, 4) is 0 Å². The average molecular weight is 263 g/mol. The van der Waals surface area contributed by atoms with E-state index in [0.717, 1.165) is 44.9 Å². The maximum Gasteiger partial charge on any atom is 0.193 e. The Bertz CT molecular complexity index is 318. The van der Waals surface area contributed by atoms with Gasteiger partial charge in [-0.3, -0.25) is 4.99 Å². The number of guanidine groups is 1. The van der Waals surface area contributed by atoms with Gasteiger partial charge in [-0.1, -0.05) is 17.7 Å². The lowest BCUT2D eigenvalue weighted by molar-refractivity contribution is 0.470. The zero-order valence-corrected chi connectivity index (χ0v) is 12.6. The highest BCUT2D eigenvalue weighted by Crippen LogP contribution is 2.20. The molecule has 1 aliphatic rings. The molecule has 0 bridgehead atoms. The van der Waals surface area contributed by atoms with Gasteiger partial charge in [0.05, 0.1) is 0 Å². The van der Waals surface area contributed by atoms with Gasteiger partial charge in [0, 0.05) is 26.7 Å². The van der Waals surface area contributed by atoms with Gasteiger partial charge in [-0.05, 0) is 45.4 Å². The number of hydrogen-bond acceptors (Lipinski definition) is 1.